The number of carbonyl (C=O) groups excluding carboxylic acids is 1. The minimum absolute atomic E-state index is 0.110. The highest BCUT2D eigenvalue weighted by Gasteiger charge is 2.14. The second-order valence-electron chi connectivity index (χ2n) is 4.43. The van der Waals surface area contributed by atoms with Crippen molar-refractivity contribution in [2.24, 2.45) is 0 Å². The molecular weight excluding hydrogens is 240 g/mol. The van der Waals surface area contributed by atoms with Gasteiger partial charge in [0.15, 0.2) is 0 Å². The van der Waals surface area contributed by atoms with E-state index in [1.165, 1.54) is 0 Å². The van der Waals surface area contributed by atoms with Crippen molar-refractivity contribution in [3.8, 4) is 0 Å². The van der Waals surface area contributed by atoms with Gasteiger partial charge in [0.25, 0.3) is 0 Å². The van der Waals surface area contributed by atoms with Gasteiger partial charge in [0.2, 0.25) is 0 Å². The number of hydrogen-bond acceptors (Lipinski definition) is 4. The molecule has 106 valence electrons. The number of hydrogen-bond donors (Lipinski definition) is 2. The molecule has 0 amide bonds. The lowest BCUT2D eigenvalue weighted by atomic mass is 10.1. The molecule has 4 nitrogen and oxygen atoms in total. The van der Waals surface area contributed by atoms with Crippen molar-refractivity contribution in [1.29, 1.82) is 0 Å². The molecule has 1 aromatic rings. The maximum Gasteiger partial charge on any atom is 0.307 e. The van der Waals surface area contributed by atoms with Crippen molar-refractivity contribution < 1.29 is 9.53 Å². The van der Waals surface area contributed by atoms with Crippen LogP contribution in [0.4, 0.5) is 11.4 Å². The first kappa shape index (κ1) is 15.3. The standard InChI is InChI=1S/C15H24N2O2/c1-4-8-12(11-15(18)19-5-2)17-14-10-7-6-9-13(14)16-3/h6-7,9-10,12,16-17H,4-5,8,11H2,1-3H3. The summed E-state index contributed by atoms with van der Waals surface area (Å²) >= 11 is 0. The number of para-hydroxylation sites is 2. The smallest absolute Gasteiger partial charge is 0.307 e. The summed E-state index contributed by atoms with van der Waals surface area (Å²) in [4.78, 5) is 11.6. The molecule has 0 aliphatic carbocycles. The number of benzene rings is 1. The van der Waals surface area contributed by atoms with E-state index in [1.54, 1.807) is 0 Å². The maximum absolute atomic E-state index is 11.6. The number of anilines is 2. The van der Waals surface area contributed by atoms with Crippen LogP contribution in [-0.4, -0.2) is 25.7 Å². The van der Waals surface area contributed by atoms with Crippen molar-refractivity contribution in [3.63, 3.8) is 0 Å². The van der Waals surface area contributed by atoms with Crippen LogP contribution in [0.3, 0.4) is 0 Å². The molecule has 2 N–H and O–H groups in total. The molecular formula is C15H24N2O2. The molecule has 0 aliphatic heterocycles. The van der Waals surface area contributed by atoms with Crippen LogP contribution in [0, 0.1) is 0 Å². The molecule has 1 atom stereocenters. The van der Waals surface area contributed by atoms with E-state index < -0.39 is 0 Å². The fourth-order valence-corrected chi connectivity index (χ4v) is 2.04. The van der Waals surface area contributed by atoms with Gasteiger partial charge in [0.1, 0.15) is 0 Å². The Labute approximate surface area is 115 Å². The van der Waals surface area contributed by atoms with E-state index in [9.17, 15) is 4.79 Å². The Kier molecular flexibility index (Phi) is 6.79. The molecule has 0 bridgehead atoms. The van der Waals surface area contributed by atoms with Crippen LogP contribution in [0.2, 0.25) is 0 Å². The van der Waals surface area contributed by atoms with Crippen LogP contribution in [-0.2, 0) is 9.53 Å². The van der Waals surface area contributed by atoms with Gasteiger partial charge in [-0.3, -0.25) is 4.79 Å². The average Bonchev–Trinajstić information content (AvgIpc) is 2.40. The van der Waals surface area contributed by atoms with Crippen molar-refractivity contribution in [2.75, 3.05) is 24.3 Å². The van der Waals surface area contributed by atoms with Gasteiger partial charge in [-0.25, -0.2) is 0 Å². The van der Waals surface area contributed by atoms with Crippen molar-refractivity contribution in [3.05, 3.63) is 24.3 Å². The normalized spacial score (nSPS) is 11.7. The minimum atomic E-state index is -0.143. The topological polar surface area (TPSA) is 50.4 Å². The first-order valence-corrected chi connectivity index (χ1v) is 6.90. The van der Waals surface area contributed by atoms with E-state index in [1.807, 2.05) is 38.2 Å². The lowest BCUT2D eigenvalue weighted by molar-refractivity contribution is -0.143. The van der Waals surface area contributed by atoms with Gasteiger partial charge in [-0.05, 0) is 25.5 Å². The third-order valence-corrected chi connectivity index (χ3v) is 2.91. The first-order chi connectivity index (χ1) is 9.21. The summed E-state index contributed by atoms with van der Waals surface area (Å²) in [5, 5.41) is 6.57. The van der Waals surface area contributed by atoms with Crippen LogP contribution in [0.15, 0.2) is 24.3 Å². The molecule has 0 aliphatic rings. The number of ether oxygens (including phenoxy) is 1. The summed E-state index contributed by atoms with van der Waals surface area (Å²) in [6.07, 6.45) is 2.37. The van der Waals surface area contributed by atoms with Gasteiger partial charge in [-0.2, -0.15) is 0 Å². The Morgan fingerprint density at radius 1 is 1.26 bits per heavy atom. The van der Waals surface area contributed by atoms with E-state index >= 15 is 0 Å². The second-order valence-corrected chi connectivity index (χ2v) is 4.43. The van der Waals surface area contributed by atoms with E-state index in [4.69, 9.17) is 4.74 Å². The second kappa shape index (κ2) is 8.40. The third-order valence-electron chi connectivity index (χ3n) is 2.91. The molecule has 0 heterocycles. The van der Waals surface area contributed by atoms with Gasteiger partial charge < -0.3 is 15.4 Å². The molecule has 1 aromatic carbocycles. The summed E-state index contributed by atoms with van der Waals surface area (Å²) < 4.78 is 5.02. The summed E-state index contributed by atoms with van der Waals surface area (Å²) in [7, 11) is 1.89. The number of esters is 1. The van der Waals surface area contributed by atoms with Crippen LogP contribution in [0.25, 0.3) is 0 Å². The molecule has 1 rings (SSSR count). The molecule has 0 aromatic heterocycles. The SMILES string of the molecule is CCCC(CC(=O)OCC)Nc1ccccc1NC. The Morgan fingerprint density at radius 2 is 1.95 bits per heavy atom. The Morgan fingerprint density at radius 3 is 2.53 bits per heavy atom. The Balaban J connectivity index is 2.69. The maximum atomic E-state index is 11.6. The van der Waals surface area contributed by atoms with Gasteiger partial charge in [-0.1, -0.05) is 25.5 Å². The van der Waals surface area contributed by atoms with Crippen molar-refractivity contribution in [1.82, 2.24) is 0 Å². The highest BCUT2D eigenvalue weighted by Crippen LogP contribution is 2.22. The molecule has 19 heavy (non-hydrogen) atoms. The Bertz CT molecular complexity index is 393. The summed E-state index contributed by atoms with van der Waals surface area (Å²) in [6, 6.07) is 8.10. The summed E-state index contributed by atoms with van der Waals surface area (Å²) in [5.74, 6) is -0.143. The van der Waals surface area contributed by atoms with E-state index in [-0.39, 0.29) is 12.0 Å². The predicted molar refractivity (Wildman–Crippen MR) is 79.6 cm³/mol. The molecule has 0 radical (unpaired) electrons. The van der Waals surface area contributed by atoms with E-state index in [2.05, 4.69) is 17.6 Å². The van der Waals surface area contributed by atoms with Gasteiger partial charge in [0.05, 0.1) is 24.4 Å². The molecule has 0 saturated heterocycles. The quantitative estimate of drug-likeness (QED) is 0.708. The highest BCUT2D eigenvalue weighted by molar-refractivity contribution is 5.73. The van der Waals surface area contributed by atoms with Gasteiger partial charge in [0, 0.05) is 13.1 Å². The van der Waals surface area contributed by atoms with Crippen LogP contribution >= 0.6 is 0 Å². The Hall–Kier alpha value is -1.71. The third kappa shape index (κ3) is 5.20. The highest BCUT2D eigenvalue weighted by atomic mass is 16.5. The van der Waals surface area contributed by atoms with Gasteiger partial charge >= 0.3 is 5.97 Å². The fraction of sp³-hybridized carbons (Fsp3) is 0.533. The molecule has 0 spiro atoms. The van der Waals surface area contributed by atoms with E-state index in [0.29, 0.717) is 13.0 Å². The molecule has 4 heteroatoms. The van der Waals surface area contributed by atoms with Gasteiger partial charge in [-0.15, -0.1) is 0 Å². The number of carbonyl (C=O) groups is 1. The average molecular weight is 264 g/mol. The molecule has 0 fully saturated rings. The summed E-state index contributed by atoms with van der Waals surface area (Å²) in [6.45, 7) is 4.38. The first-order valence-electron chi connectivity index (χ1n) is 6.90. The molecule has 1 unspecified atom stereocenters. The zero-order chi connectivity index (χ0) is 14.1. The van der Waals surface area contributed by atoms with Crippen LogP contribution in [0.5, 0.6) is 0 Å². The number of rotatable bonds is 8. The van der Waals surface area contributed by atoms with E-state index in [0.717, 1.165) is 24.2 Å². The largest absolute Gasteiger partial charge is 0.466 e. The lowest BCUT2D eigenvalue weighted by Gasteiger charge is -2.20. The minimum Gasteiger partial charge on any atom is -0.466 e. The number of nitrogens with one attached hydrogen (secondary N) is 2. The van der Waals surface area contributed by atoms with Crippen molar-refractivity contribution in [2.45, 2.75) is 39.2 Å². The fourth-order valence-electron chi connectivity index (χ4n) is 2.04. The predicted octanol–water partition coefficient (Wildman–Crippen LogP) is 3.26. The zero-order valence-electron chi connectivity index (χ0n) is 12.0. The van der Waals surface area contributed by atoms with Crippen LogP contribution in [0.1, 0.15) is 33.1 Å². The lowest BCUT2D eigenvalue weighted by Crippen LogP contribution is -2.24. The monoisotopic (exact) mass is 264 g/mol. The molecule has 0 saturated carbocycles. The van der Waals surface area contributed by atoms with Crippen LogP contribution < -0.4 is 10.6 Å². The van der Waals surface area contributed by atoms with Crippen molar-refractivity contribution >= 4 is 17.3 Å². The summed E-state index contributed by atoms with van der Waals surface area (Å²) in [5.41, 5.74) is 2.06. The zero-order valence-corrected chi connectivity index (χ0v) is 12.0.